The number of amides is 2. The molecule has 0 bridgehead atoms. The summed E-state index contributed by atoms with van der Waals surface area (Å²) < 4.78 is 0. The first kappa shape index (κ1) is 17.3. The van der Waals surface area contributed by atoms with E-state index in [9.17, 15) is 9.59 Å². The zero-order chi connectivity index (χ0) is 18.1. The summed E-state index contributed by atoms with van der Waals surface area (Å²) in [6.45, 7) is 4.67. The lowest BCUT2D eigenvalue weighted by atomic mass is 9.84. The average molecular weight is 356 g/mol. The standard InChI is InChI=1S/C20H28N4O2/c1-2-21-19(25)13-6-5-9-24(12-13)20(26)17-10-15-14-7-3-4-8-16(14)23-18(15)11-22-17/h3-4,7-8,13,15,17-18,22-23H,2,5-6,9-12H2,1H3,(H,21,25). The van der Waals surface area contributed by atoms with E-state index in [1.54, 1.807) is 0 Å². The molecule has 0 aliphatic carbocycles. The molecule has 3 heterocycles. The molecule has 6 heteroatoms. The first-order valence-electron chi connectivity index (χ1n) is 9.82. The molecule has 0 radical (unpaired) electrons. The molecule has 2 saturated heterocycles. The summed E-state index contributed by atoms with van der Waals surface area (Å²) in [4.78, 5) is 27.1. The zero-order valence-electron chi connectivity index (χ0n) is 15.3. The smallest absolute Gasteiger partial charge is 0.239 e. The van der Waals surface area contributed by atoms with Gasteiger partial charge in [-0.1, -0.05) is 18.2 Å². The summed E-state index contributed by atoms with van der Waals surface area (Å²) in [5.74, 6) is 0.542. The SMILES string of the molecule is CCNC(=O)C1CCCN(C(=O)C2CC3c4ccccc4NC3CN2)C1. The molecule has 1 aromatic carbocycles. The van der Waals surface area contributed by atoms with Crippen LogP contribution in [0.25, 0.3) is 0 Å². The monoisotopic (exact) mass is 356 g/mol. The lowest BCUT2D eigenvalue weighted by molar-refractivity contribution is -0.138. The number of benzene rings is 1. The van der Waals surface area contributed by atoms with E-state index < -0.39 is 0 Å². The fourth-order valence-corrected chi connectivity index (χ4v) is 4.68. The Hall–Kier alpha value is -2.08. The summed E-state index contributed by atoms with van der Waals surface area (Å²) in [6.07, 6.45) is 2.59. The molecular formula is C20H28N4O2. The van der Waals surface area contributed by atoms with Gasteiger partial charge in [-0.25, -0.2) is 0 Å². The van der Waals surface area contributed by atoms with Crippen LogP contribution in [0.3, 0.4) is 0 Å². The number of para-hydroxylation sites is 1. The van der Waals surface area contributed by atoms with E-state index in [4.69, 9.17) is 0 Å². The zero-order valence-corrected chi connectivity index (χ0v) is 15.3. The van der Waals surface area contributed by atoms with Gasteiger partial charge in [0.2, 0.25) is 11.8 Å². The van der Waals surface area contributed by atoms with Crippen molar-refractivity contribution >= 4 is 17.5 Å². The highest BCUT2D eigenvalue weighted by molar-refractivity contribution is 5.84. The third-order valence-corrected chi connectivity index (χ3v) is 6.01. The topological polar surface area (TPSA) is 73.5 Å². The molecule has 1 aromatic rings. The summed E-state index contributed by atoms with van der Waals surface area (Å²) >= 11 is 0. The Labute approximate surface area is 154 Å². The Kier molecular flexibility index (Phi) is 4.85. The minimum Gasteiger partial charge on any atom is -0.380 e. The normalized spacial score (nSPS) is 30.1. The van der Waals surface area contributed by atoms with Crippen LogP contribution in [0.1, 0.15) is 37.7 Å². The van der Waals surface area contributed by atoms with Crippen LogP contribution in [-0.4, -0.2) is 55.0 Å². The molecule has 3 aliphatic rings. The van der Waals surface area contributed by atoms with Gasteiger partial charge in [-0.2, -0.15) is 0 Å². The molecule has 26 heavy (non-hydrogen) atoms. The number of fused-ring (bicyclic) bond motifs is 3. The highest BCUT2D eigenvalue weighted by atomic mass is 16.2. The van der Waals surface area contributed by atoms with Crippen LogP contribution in [0.2, 0.25) is 0 Å². The van der Waals surface area contributed by atoms with E-state index in [2.05, 4.69) is 40.2 Å². The predicted molar refractivity (Wildman–Crippen MR) is 101 cm³/mol. The van der Waals surface area contributed by atoms with E-state index in [1.807, 2.05) is 11.8 Å². The molecule has 3 aliphatic heterocycles. The molecule has 140 valence electrons. The van der Waals surface area contributed by atoms with Gasteiger partial charge < -0.3 is 20.9 Å². The van der Waals surface area contributed by atoms with Crippen LogP contribution in [0.4, 0.5) is 5.69 Å². The van der Waals surface area contributed by atoms with Crippen molar-refractivity contribution in [3.8, 4) is 0 Å². The third kappa shape index (κ3) is 3.18. The molecule has 0 saturated carbocycles. The maximum Gasteiger partial charge on any atom is 0.239 e. The van der Waals surface area contributed by atoms with Crippen LogP contribution in [-0.2, 0) is 9.59 Å². The van der Waals surface area contributed by atoms with Gasteiger partial charge in [-0.05, 0) is 37.8 Å². The van der Waals surface area contributed by atoms with Crippen molar-refractivity contribution < 1.29 is 9.59 Å². The van der Waals surface area contributed by atoms with Crippen molar-refractivity contribution in [1.82, 2.24) is 15.5 Å². The van der Waals surface area contributed by atoms with Gasteiger partial charge in [0.05, 0.1) is 12.0 Å². The first-order valence-corrected chi connectivity index (χ1v) is 9.82. The van der Waals surface area contributed by atoms with Crippen molar-refractivity contribution in [2.75, 3.05) is 31.5 Å². The number of hydrogen-bond donors (Lipinski definition) is 3. The lowest BCUT2D eigenvalue weighted by Gasteiger charge is -2.38. The Balaban J connectivity index is 1.42. The third-order valence-electron chi connectivity index (χ3n) is 6.01. The number of anilines is 1. The molecule has 0 spiro atoms. The molecular weight excluding hydrogens is 328 g/mol. The molecule has 3 N–H and O–H groups in total. The molecule has 4 atom stereocenters. The number of rotatable bonds is 3. The minimum atomic E-state index is -0.155. The fraction of sp³-hybridized carbons (Fsp3) is 0.600. The number of nitrogens with one attached hydrogen (secondary N) is 3. The second kappa shape index (κ2) is 7.27. The van der Waals surface area contributed by atoms with Crippen molar-refractivity contribution in [3.05, 3.63) is 29.8 Å². The van der Waals surface area contributed by atoms with Crippen LogP contribution < -0.4 is 16.0 Å². The van der Waals surface area contributed by atoms with E-state index in [0.717, 1.165) is 32.4 Å². The summed E-state index contributed by atoms with van der Waals surface area (Å²) in [5.41, 5.74) is 2.53. The van der Waals surface area contributed by atoms with Crippen molar-refractivity contribution in [2.24, 2.45) is 5.92 Å². The van der Waals surface area contributed by atoms with E-state index in [1.165, 1.54) is 11.3 Å². The van der Waals surface area contributed by atoms with Gasteiger partial charge in [0.25, 0.3) is 0 Å². The molecule has 2 amide bonds. The van der Waals surface area contributed by atoms with Gasteiger partial charge in [-0.3, -0.25) is 9.59 Å². The van der Waals surface area contributed by atoms with Crippen LogP contribution >= 0.6 is 0 Å². The first-order chi connectivity index (χ1) is 12.7. The highest BCUT2D eigenvalue weighted by Gasteiger charge is 2.41. The summed E-state index contributed by atoms with van der Waals surface area (Å²) in [7, 11) is 0. The number of carbonyl (C=O) groups excluding carboxylic acids is 2. The number of likely N-dealkylation sites (tertiary alicyclic amines) is 1. The van der Waals surface area contributed by atoms with Gasteiger partial charge >= 0.3 is 0 Å². The van der Waals surface area contributed by atoms with Gasteiger partial charge in [0, 0.05) is 43.8 Å². The van der Waals surface area contributed by atoms with Crippen molar-refractivity contribution in [3.63, 3.8) is 0 Å². The molecule has 4 rings (SSSR count). The molecule has 2 fully saturated rings. The number of hydrogen-bond acceptors (Lipinski definition) is 4. The number of nitrogens with zero attached hydrogens (tertiary/aromatic N) is 1. The molecule has 0 aromatic heterocycles. The second-order valence-electron chi connectivity index (χ2n) is 7.66. The maximum absolute atomic E-state index is 13.1. The second-order valence-corrected chi connectivity index (χ2v) is 7.66. The van der Waals surface area contributed by atoms with Crippen LogP contribution in [0.5, 0.6) is 0 Å². The van der Waals surface area contributed by atoms with Crippen LogP contribution in [0.15, 0.2) is 24.3 Å². The Morgan fingerprint density at radius 2 is 2.15 bits per heavy atom. The summed E-state index contributed by atoms with van der Waals surface area (Å²) in [5, 5.41) is 9.90. The predicted octanol–water partition coefficient (Wildman–Crippen LogP) is 1.30. The quantitative estimate of drug-likeness (QED) is 0.763. The largest absolute Gasteiger partial charge is 0.380 e. The van der Waals surface area contributed by atoms with Gasteiger partial charge in [-0.15, -0.1) is 0 Å². The van der Waals surface area contributed by atoms with E-state index >= 15 is 0 Å². The molecule has 6 nitrogen and oxygen atoms in total. The number of carbonyl (C=O) groups is 2. The van der Waals surface area contributed by atoms with E-state index in [0.29, 0.717) is 25.0 Å². The maximum atomic E-state index is 13.1. The van der Waals surface area contributed by atoms with Gasteiger partial charge in [0.15, 0.2) is 0 Å². The Morgan fingerprint density at radius 1 is 1.31 bits per heavy atom. The minimum absolute atomic E-state index is 0.0714. The van der Waals surface area contributed by atoms with Crippen LogP contribution in [0, 0.1) is 5.92 Å². The highest BCUT2D eigenvalue weighted by Crippen LogP contribution is 2.40. The van der Waals surface area contributed by atoms with E-state index in [-0.39, 0.29) is 23.8 Å². The van der Waals surface area contributed by atoms with Gasteiger partial charge in [0.1, 0.15) is 0 Å². The average Bonchev–Trinajstić information content (AvgIpc) is 3.05. The molecule has 4 unspecified atom stereocenters. The Bertz CT molecular complexity index is 692. The fourth-order valence-electron chi connectivity index (χ4n) is 4.68. The van der Waals surface area contributed by atoms with Crippen molar-refractivity contribution in [1.29, 1.82) is 0 Å². The lowest BCUT2D eigenvalue weighted by Crippen LogP contribution is -2.56. The summed E-state index contributed by atoms with van der Waals surface area (Å²) in [6, 6.07) is 8.62. The number of piperidine rings is 2. The Morgan fingerprint density at radius 3 is 3.00 bits per heavy atom. The van der Waals surface area contributed by atoms with Crippen molar-refractivity contribution in [2.45, 2.75) is 44.2 Å².